The van der Waals surface area contributed by atoms with Crippen molar-refractivity contribution in [2.45, 2.75) is 13.0 Å². The summed E-state index contributed by atoms with van der Waals surface area (Å²) in [5.74, 6) is 1.65. The van der Waals surface area contributed by atoms with Crippen LogP contribution in [0.4, 0.5) is 5.82 Å². The van der Waals surface area contributed by atoms with Gasteiger partial charge in [0.1, 0.15) is 5.82 Å². The van der Waals surface area contributed by atoms with Crippen molar-refractivity contribution in [1.29, 1.82) is 0 Å². The van der Waals surface area contributed by atoms with Crippen LogP contribution in [-0.2, 0) is 13.0 Å². The highest BCUT2D eigenvalue weighted by Gasteiger charge is 2.17. The number of pyridine rings is 1. The molecule has 0 bridgehead atoms. The Morgan fingerprint density at radius 3 is 3.06 bits per heavy atom. The van der Waals surface area contributed by atoms with E-state index in [2.05, 4.69) is 25.6 Å². The maximum Gasteiger partial charge on any atom is 0.163 e. The summed E-state index contributed by atoms with van der Waals surface area (Å²) >= 11 is 0. The molecule has 0 aromatic carbocycles. The van der Waals surface area contributed by atoms with Crippen LogP contribution in [0.1, 0.15) is 11.3 Å². The van der Waals surface area contributed by atoms with Gasteiger partial charge in [0.05, 0.1) is 5.69 Å². The lowest BCUT2D eigenvalue weighted by Gasteiger charge is -2.19. The standard InChI is InChI=1S/C13H15N5/c1-14-13-10-8-16-6-4-11(10)17-12(18-13)9-3-2-5-15-7-9/h2-3,5,7,16H,4,6,8H2,1H3,(H,14,17,18). The Hall–Kier alpha value is -2.01. The molecule has 0 aliphatic carbocycles. The first-order chi connectivity index (χ1) is 8.88. The van der Waals surface area contributed by atoms with Gasteiger partial charge < -0.3 is 10.6 Å². The molecule has 0 saturated heterocycles. The van der Waals surface area contributed by atoms with Gasteiger partial charge in [-0.05, 0) is 12.1 Å². The number of nitrogens with zero attached hydrogens (tertiary/aromatic N) is 3. The van der Waals surface area contributed by atoms with E-state index in [0.717, 1.165) is 42.4 Å². The van der Waals surface area contributed by atoms with Crippen LogP contribution in [0, 0.1) is 0 Å². The molecule has 5 nitrogen and oxygen atoms in total. The Bertz CT molecular complexity index is 536. The lowest BCUT2D eigenvalue weighted by molar-refractivity contribution is 0.628. The Labute approximate surface area is 106 Å². The quantitative estimate of drug-likeness (QED) is 0.828. The maximum atomic E-state index is 4.66. The van der Waals surface area contributed by atoms with Crippen molar-refractivity contribution in [3.05, 3.63) is 35.8 Å². The second-order valence-electron chi connectivity index (χ2n) is 4.24. The molecule has 18 heavy (non-hydrogen) atoms. The number of anilines is 1. The fraction of sp³-hybridized carbons (Fsp3) is 0.308. The average molecular weight is 241 g/mol. The molecule has 0 unspecified atom stereocenters. The van der Waals surface area contributed by atoms with Crippen molar-refractivity contribution in [1.82, 2.24) is 20.3 Å². The highest BCUT2D eigenvalue weighted by molar-refractivity contribution is 5.59. The van der Waals surface area contributed by atoms with Crippen molar-refractivity contribution >= 4 is 5.82 Å². The maximum absolute atomic E-state index is 4.66. The molecule has 5 heteroatoms. The molecule has 2 aromatic heterocycles. The lowest BCUT2D eigenvalue weighted by Crippen LogP contribution is -2.26. The van der Waals surface area contributed by atoms with Crippen molar-refractivity contribution in [3.63, 3.8) is 0 Å². The highest BCUT2D eigenvalue weighted by atomic mass is 15.0. The van der Waals surface area contributed by atoms with Crippen molar-refractivity contribution in [3.8, 4) is 11.4 Å². The summed E-state index contributed by atoms with van der Waals surface area (Å²) in [7, 11) is 1.89. The molecule has 0 spiro atoms. The zero-order chi connectivity index (χ0) is 12.4. The molecule has 1 aliphatic rings. The molecule has 3 rings (SSSR count). The van der Waals surface area contributed by atoms with Gasteiger partial charge in [-0.2, -0.15) is 0 Å². The molecule has 92 valence electrons. The molecule has 0 saturated carbocycles. The average Bonchev–Trinajstić information content (AvgIpc) is 2.47. The monoisotopic (exact) mass is 241 g/mol. The van der Waals surface area contributed by atoms with E-state index in [4.69, 9.17) is 0 Å². The van der Waals surface area contributed by atoms with Crippen molar-refractivity contribution < 1.29 is 0 Å². The van der Waals surface area contributed by atoms with E-state index in [-0.39, 0.29) is 0 Å². The molecule has 2 N–H and O–H groups in total. The van der Waals surface area contributed by atoms with Crippen LogP contribution in [-0.4, -0.2) is 28.5 Å². The van der Waals surface area contributed by atoms with Crippen LogP contribution in [0.25, 0.3) is 11.4 Å². The Kier molecular flexibility index (Phi) is 2.90. The number of nitrogens with one attached hydrogen (secondary N) is 2. The summed E-state index contributed by atoms with van der Waals surface area (Å²) in [5, 5.41) is 6.50. The second kappa shape index (κ2) is 4.70. The van der Waals surface area contributed by atoms with Gasteiger partial charge in [-0.3, -0.25) is 4.98 Å². The predicted octanol–water partition coefficient (Wildman–Crippen LogP) is 1.23. The van der Waals surface area contributed by atoms with Gasteiger partial charge in [0.15, 0.2) is 5.82 Å². The first kappa shape index (κ1) is 11.1. The number of rotatable bonds is 2. The molecule has 2 aromatic rings. The van der Waals surface area contributed by atoms with Crippen LogP contribution in [0.3, 0.4) is 0 Å². The lowest BCUT2D eigenvalue weighted by atomic mass is 10.1. The van der Waals surface area contributed by atoms with E-state index < -0.39 is 0 Å². The van der Waals surface area contributed by atoms with E-state index >= 15 is 0 Å². The number of aromatic nitrogens is 3. The van der Waals surface area contributed by atoms with Crippen LogP contribution in [0.2, 0.25) is 0 Å². The minimum atomic E-state index is 0.744. The second-order valence-corrected chi connectivity index (χ2v) is 4.24. The largest absolute Gasteiger partial charge is 0.373 e. The molecule has 0 radical (unpaired) electrons. The van der Waals surface area contributed by atoms with E-state index in [1.807, 2.05) is 19.2 Å². The first-order valence-electron chi connectivity index (χ1n) is 6.07. The van der Waals surface area contributed by atoms with E-state index in [0.29, 0.717) is 0 Å². The van der Waals surface area contributed by atoms with Crippen LogP contribution >= 0.6 is 0 Å². The predicted molar refractivity (Wildman–Crippen MR) is 70.2 cm³/mol. The normalized spacial score (nSPS) is 14.1. The highest BCUT2D eigenvalue weighted by Crippen LogP contribution is 2.23. The molecular formula is C13H15N5. The van der Waals surface area contributed by atoms with Crippen molar-refractivity contribution in [2.75, 3.05) is 18.9 Å². The van der Waals surface area contributed by atoms with Crippen molar-refractivity contribution in [2.24, 2.45) is 0 Å². The van der Waals surface area contributed by atoms with Gasteiger partial charge in [0, 0.05) is 50.1 Å². The number of fused-ring (bicyclic) bond motifs is 1. The van der Waals surface area contributed by atoms with Crippen LogP contribution in [0.15, 0.2) is 24.5 Å². The summed E-state index contributed by atoms with van der Waals surface area (Å²) in [5.41, 5.74) is 3.26. The summed E-state index contributed by atoms with van der Waals surface area (Å²) in [6, 6.07) is 3.88. The Balaban J connectivity index is 2.12. The van der Waals surface area contributed by atoms with E-state index in [1.165, 1.54) is 5.56 Å². The summed E-state index contributed by atoms with van der Waals surface area (Å²) < 4.78 is 0. The van der Waals surface area contributed by atoms with Gasteiger partial charge in [-0.25, -0.2) is 9.97 Å². The third-order valence-electron chi connectivity index (χ3n) is 3.09. The topological polar surface area (TPSA) is 62.7 Å². The van der Waals surface area contributed by atoms with Gasteiger partial charge in [0.2, 0.25) is 0 Å². The number of hydrogen-bond donors (Lipinski definition) is 2. The fourth-order valence-electron chi connectivity index (χ4n) is 2.17. The fourth-order valence-corrected chi connectivity index (χ4v) is 2.17. The zero-order valence-corrected chi connectivity index (χ0v) is 10.3. The molecule has 0 fully saturated rings. The SMILES string of the molecule is CNc1nc(-c2cccnc2)nc2c1CNCC2. The smallest absolute Gasteiger partial charge is 0.163 e. The third-order valence-corrected chi connectivity index (χ3v) is 3.09. The molecule has 0 atom stereocenters. The summed E-state index contributed by atoms with van der Waals surface area (Å²) in [4.78, 5) is 13.3. The number of hydrogen-bond acceptors (Lipinski definition) is 5. The Morgan fingerprint density at radius 2 is 2.28 bits per heavy atom. The van der Waals surface area contributed by atoms with Gasteiger partial charge in [-0.1, -0.05) is 0 Å². The molecule has 1 aliphatic heterocycles. The van der Waals surface area contributed by atoms with Gasteiger partial charge in [-0.15, -0.1) is 0 Å². The zero-order valence-electron chi connectivity index (χ0n) is 10.3. The van der Waals surface area contributed by atoms with Crippen LogP contribution in [0.5, 0.6) is 0 Å². The molecule has 3 heterocycles. The van der Waals surface area contributed by atoms with Gasteiger partial charge in [0.25, 0.3) is 0 Å². The third kappa shape index (κ3) is 1.93. The summed E-state index contributed by atoms with van der Waals surface area (Å²) in [6.45, 7) is 1.80. The molecular weight excluding hydrogens is 226 g/mol. The van der Waals surface area contributed by atoms with E-state index in [1.54, 1.807) is 12.4 Å². The minimum Gasteiger partial charge on any atom is -0.373 e. The molecule has 0 amide bonds. The summed E-state index contributed by atoms with van der Waals surface area (Å²) in [6.07, 6.45) is 4.49. The van der Waals surface area contributed by atoms with Crippen LogP contribution < -0.4 is 10.6 Å². The first-order valence-corrected chi connectivity index (χ1v) is 6.07. The minimum absolute atomic E-state index is 0.744. The van der Waals surface area contributed by atoms with E-state index in [9.17, 15) is 0 Å². The van der Waals surface area contributed by atoms with Gasteiger partial charge >= 0.3 is 0 Å². The Morgan fingerprint density at radius 1 is 1.33 bits per heavy atom.